The van der Waals surface area contributed by atoms with Crippen LogP contribution in [0.2, 0.25) is 0 Å². The van der Waals surface area contributed by atoms with E-state index < -0.39 is 5.91 Å². The molecule has 0 bridgehead atoms. The zero-order valence-electron chi connectivity index (χ0n) is 16.9. The Hall–Kier alpha value is -3.82. The summed E-state index contributed by atoms with van der Waals surface area (Å²) >= 11 is 0. The van der Waals surface area contributed by atoms with Crippen LogP contribution in [0.3, 0.4) is 0 Å². The molecule has 0 saturated heterocycles. The molecule has 160 valence electrons. The summed E-state index contributed by atoms with van der Waals surface area (Å²) in [6, 6.07) is 9.39. The number of rotatable bonds is 6. The van der Waals surface area contributed by atoms with Crippen molar-refractivity contribution in [2.75, 3.05) is 10.6 Å². The summed E-state index contributed by atoms with van der Waals surface area (Å²) in [5.41, 5.74) is 1.83. The van der Waals surface area contributed by atoms with Gasteiger partial charge < -0.3 is 14.5 Å². The van der Waals surface area contributed by atoms with Crippen LogP contribution in [0.15, 0.2) is 47.3 Å². The maximum absolute atomic E-state index is 12.4. The van der Waals surface area contributed by atoms with E-state index in [0.29, 0.717) is 17.4 Å². The number of hydrogen-bond acceptors (Lipinski definition) is 9. The average molecular weight is 422 g/mol. The van der Waals surface area contributed by atoms with Gasteiger partial charge in [-0.2, -0.15) is 0 Å². The second-order valence-corrected chi connectivity index (χ2v) is 7.29. The predicted molar refractivity (Wildman–Crippen MR) is 111 cm³/mol. The Morgan fingerprint density at radius 1 is 1.06 bits per heavy atom. The molecule has 0 spiro atoms. The quantitative estimate of drug-likeness (QED) is 0.573. The van der Waals surface area contributed by atoms with Gasteiger partial charge in [-0.3, -0.25) is 14.9 Å². The lowest BCUT2D eigenvalue weighted by atomic mass is 9.82. The fraction of sp³-hybridized carbons (Fsp3) is 0.333. The Kier molecular flexibility index (Phi) is 6.16. The molecule has 0 radical (unpaired) electrons. The maximum atomic E-state index is 12.4. The number of nitrogens with zero attached hydrogens (tertiary/aromatic N) is 4. The van der Waals surface area contributed by atoms with Crippen molar-refractivity contribution in [3.05, 3.63) is 54.3 Å². The third-order valence-electron chi connectivity index (χ3n) is 5.08. The van der Waals surface area contributed by atoms with E-state index in [2.05, 4.69) is 30.8 Å². The van der Waals surface area contributed by atoms with Gasteiger partial charge >= 0.3 is 23.8 Å². The Labute approximate surface area is 178 Å². The van der Waals surface area contributed by atoms with Crippen LogP contribution in [-0.4, -0.2) is 38.1 Å². The molecule has 2 aromatic heterocycles. The van der Waals surface area contributed by atoms with E-state index in [1.165, 1.54) is 18.8 Å². The van der Waals surface area contributed by atoms with Gasteiger partial charge in [-0.1, -0.05) is 17.2 Å². The van der Waals surface area contributed by atoms with Crippen molar-refractivity contribution in [2.24, 2.45) is 0 Å². The molecule has 31 heavy (non-hydrogen) atoms. The van der Waals surface area contributed by atoms with Gasteiger partial charge in [-0.05, 0) is 55.4 Å². The monoisotopic (exact) mass is 422 g/mol. The Morgan fingerprint density at radius 2 is 1.84 bits per heavy atom. The van der Waals surface area contributed by atoms with Gasteiger partial charge in [0.2, 0.25) is 0 Å². The lowest BCUT2D eigenvalue weighted by molar-refractivity contribution is -0.147. The highest BCUT2D eigenvalue weighted by Crippen LogP contribution is 2.34. The standard InChI is InChI=1S/C21H22N6O4/c1-13(28)30-17-8-4-15(5-9-17)14-2-6-16(7-3-14)24-19(29)20-26-27-21(31-20)25-18-10-11-22-12-23-18/h2-3,6-7,10-12,15,17H,4-5,8-9H2,1H3,(H,24,29)(H,22,23,25,27). The number of aromatic nitrogens is 4. The predicted octanol–water partition coefficient (Wildman–Crippen LogP) is 3.44. The summed E-state index contributed by atoms with van der Waals surface area (Å²) in [5.74, 6) is 0.00930. The second kappa shape index (κ2) is 9.33. The van der Waals surface area contributed by atoms with Gasteiger partial charge in [0, 0.05) is 18.8 Å². The van der Waals surface area contributed by atoms with Crippen molar-refractivity contribution in [3.8, 4) is 0 Å². The topological polar surface area (TPSA) is 132 Å². The fourth-order valence-electron chi connectivity index (χ4n) is 3.61. The summed E-state index contributed by atoms with van der Waals surface area (Å²) in [6.07, 6.45) is 6.63. The molecule has 1 amide bonds. The van der Waals surface area contributed by atoms with Crippen LogP contribution in [0.25, 0.3) is 0 Å². The van der Waals surface area contributed by atoms with Crippen LogP contribution in [-0.2, 0) is 9.53 Å². The normalized spacial score (nSPS) is 18.2. The Morgan fingerprint density at radius 3 is 2.52 bits per heavy atom. The average Bonchev–Trinajstić information content (AvgIpc) is 3.24. The molecule has 3 aromatic rings. The van der Waals surface area contributed by atoms with Crippen LogP contribution in [0.4, 0.5) is 17.5 Å². The molecule has 2 N–H and O–H groups in total. The minimum Gasteiger partial charge on any atom is -0.463 e. The third-order valence-corrected chi connectivity index (χ3v) is 5.08. The molecule has 1 fully saturated rings. The molecule has 10 nitrogen and oxygen atoms in total. The molecule has 1 aliphatic carbocycles. The molecular formula is C21H22N6O4. The molecule has 0 unspecified atom stereocenters. The van der Waals surface area contributed by atoms with Crippen molar-refractivity contribution in [1.82, 2.24) is 20.2 Å². The largest absolute Gasteiger partial charge is 0.463 e. The van der Waals surface area contributed by atoms with E-state index in [0.717, 1.165) is 25.7 Å². The summed E-state index contributed by atoms with van der Waals surface area (Å²) in [4.78, 5) is 31.3. The molecular weight excluding hydrogens is 400 g/mol. The zero-order chi connectivity index (χ0) is 21.6. The number of amides is 1. The molecule has 4 rings (SSSR count). The molecule has 1 saturated carbocycles. The van der Waals surface area contributed by atoms with Crippen LogP contribution >= 0.6 is 0 Å². The van der Waals surface area contributed by atoms with Gasteiger partial charge in [-0.15, -0.1) is 5.10 Å². The van der Waals surface area contributed by atoms with Crippen LogP contribution < -0.4 is 10.6 Å². The third kappa shape index (κ3) is 5.41. The van der Waals surface area contributed by atoms with E-state index in [1.54, 1.807) is 12.3 Å². The van der Waals surface area contributed by atoms with Gasteiger partial charge in [-0.25, -0.2) is 9.97 Å². The van der Waals surface area contributed by atoms with Crippen molar-refractivity contribution in [3.63, 3.8) is 0 Å². The van der Waals surface area contributed by atoms with Crippen LogP contribution in [0.1, 0.15) is 54.8 Å². The fourth-order valence-corrected chi connectivity index (χ4v) is 3.61. The summed E-state index contributed by atoms with van der Waals surface area (Å²) in [5, 5.41) is 13.1. The van der Waals surface area contributed by atoms with Crippen molar-refractivity contribution >= 4 is 29.4 Å². The Bertz CT molecular complexity index is 1030. The summed E-state index contributed by atoms with van der Waals surface area (Å²) < 4.78 is 10.6. The number of anilines is 3. The highest BCUT2D eigenvalue weighted by molar-refractivity contribution is 6.00. The molecule has 0 atom stereocenters. The van der Waals surface area contributed by atoms with Crippen molar-refractivity contribution in [1.29, 1.82) is 0 Å². The summed E-state index contributed by atoms with van der Waals surface area (Å²) in [7, 11) is 0. The molecule has 0 aliphatic heterocycles. The number of carbonyl (C=O) groups is 2. The van der Waals surface area contributed by atoms with E-state index in [9.17, 15) is 9.59 Å². The number of benzene rings is 1. The van der Waals surface area contributed by atoms with E-state index in [4.69, 9.17) is 9.15 Å². The minimum atomic E-state index is -0.502. The van der Waals surface area contributed by atoms with E-state index in [-0.39, 0.29) is 24.0 Å². The lowest BCUT2D eigenvalue weighted by Crippen LogP contribution is -2.22. The van der Waals surface area contributed by atoms with Crippen molar-refractivity contribution in [2.45, 2.75) is 44.6 Å². The zero-order valence-corrected chi connectivity index (χ0v) is 16.9. The number of nitrogens with one attached hydrogen (secondary N) is 2. The van der Waals surface area contributed by atoms with Crippen molar-refractivity contribution < 1.29 is 18.7 Å². The first kappa shape index (κ1) is 20.5. The van der Waals surface area contributed by atoms with Gasteiger partial charge in [0.25, 0.3) is 0 Å². The first-order valence-electron chi connectivity index (χ1n) is 10.0. The number of ether oxygens (including phenoxy) is 1. The Balaban J connectivity index is 1.31. The van der Waals surface area contributed by atoms with E-state index in [1.807, 2.05) is 24.3 Å². The highest BCUT2D eigenvalue weighted by Gasteiger charge is 2.24. The number of esters is 1. The second-order valence-electron chi connectivity index (χ2n) is 7.29. The first-order chi connectivity index (χ1) is 15.1. The lowest BCUT2D eigenvalue weighted by Gasteiger charge is -2.28. The van der Waals surface area contributed by atoms with Gasteiger partial charge in [0.05, 0.1) is 0 Å². The number of hydrogen-bond donors (Lipinski definition) is 2. The van der Waals surface area contributed by atoms with Gasteiger partial charge in [0.1, 0.15) is 18.2 Å². The number of carbonyl (C=O) groups excluding carboxylic acids is 2. The van der Waals surface area contributed by atoms with E-state index >= 15 is 0 Å². The smallest absolute Gasteiger partial charge is 0.321 e. The molecule has 10 heteroatoms. The summed E-state index contributed by atoms with van der Waals surface area (Å²) in [6.45, 7) is 1.45. The SMILES string of the molecule is CC(=O)OC1CCC(c2ccc(NC(=O)c3nnc(Nc4ccncn4)o3)cc2)CC1. The molecule has 1 aromatic carbocycles. The molecule has 2 heterocycles. The minimum absolute atomic E-state index is 0.0236. The maximum Gasteiger partial charge on any atom is 0.321 e. The van der Waals surface area contributed by atoms with Crippen LogP contribution in [0, 0.1) is 0 Å². The van der Waals surface area contributed by atoms with Crippen LogP contribution in [0.5, 0.6) is 0 Å². The van der Waals surface area contributed by atoms with Gasteiger partial charge in [0.15, 0.2) is 0 Å². The first-order valence-corrected chi connectivity index (χ1v) is 10.0. The highest BCUT2D eigenvalue weighted by atomic mass is 16.5. The molecule has 1 aliphatic rings.